The van der Waals surface area contributed by atoms with E-state index in [0.29, 0.717) is 12.6 Å². The van der Waals surface area contributed by atoms with Gasteiger partial charge >= 0.3 is 0 Å². The standard InChI is InChI=1S/C21H34N4OS.HI/c1-3-22-20(23-15-21(26)10-13-27-16-21)24-19-8-11-25(12-9-19)14-18-7-5-4-6-17(18)2;/h4-7,19,26H,3,8-16H2,1-2H3,(H2,22,23,24);1H. The van der Waals surface area contributed by atoms with E-state index in [9.17, 15) is 5.11 Å². The largest absolute Gasteiger partial charge is 0.387 e. The lowest BCUT2D eigenvalue weighted by Crippen LogP contribution is -2.49. The summed E-state index contributed by atoms with van der Waals surface area (Å²) in [5.74, 6) is 2.68. The van der Waals surface area contributed by atoms with Crippen LogP contribution in [0.1, 0.15) is 37.3 Å². The zero-order valence-corrected chi connectivity index (χ0v) is 20.3. The van der Waals surface area contributed by atoms with E-state index in [4.69, 9.17) is 0 Å². The normalized spacial score (nSPS) is 24.0. The number of hydrogen-bond acceptors (Lipinski definition) is 4. The highest BCUT2D eigenvalue weighted by Crippen LogP contribution is 2.27. The highest BCUT2D eigenvalue weighted by molar-refractivity contribution is 14.0. The molecule has 1 atom stereocenters. The number of piperidine rings is 1. The molecule has 3 N–H and O–H groups in total. The number of aliphatic imine (C=N–C) groups is 1. The first-order valence-corrected chi connectivity index (χ1v) is 11.4. The zero-order valence-electron chi connectivity index (χ0n) is 17.1. The average molecular weight is 519 g/mol. The van der Waals surface area contributed by atoms with Crippen LogP contribution in [0.15, 0.2) is 29.3 Å². The Morgan fingerprint density at radius 2 is 2.07 bits per heavy atom. The average Bonchev–Trinajstić information content (AvgIpc) is 3.10. The number of halogens is 1. The number of thioether (sulfide) groups is 1. The maximum atomic E-state index is 10.5. The third kappa shape index (κ3) is 7.07. The maximum Gasteiger partial charge on any atom is 0.191 e. The van der Waals surface area contributed by atoms with Crippen molar-refractivity contribution in [2.24, 2.45) is 4.99 Å². The lowest BCUT2D eigenvalue weighted by atomic mass is 10.0. The predicted octanol–water partition coefficient (Wildman–Crippen LogP) is 3.00. The summed E-state index contributed by atoms with van der Waals surface area (Å²) in [6, 6.07) is 9.12. The molecule has 0 bridgehead atoms. The molecule has 0 aliphatic carbocycles. The molecular weight excluding hydrogens is 483 g/mol. The van der Waals surface area contributed by atoms with E-state index in [-0.39, 0.29) is 24.0 Å². The number of guanidine groups is 1. The van der Waals surface area contributed by atoms with Gasteiger partial charge in [-0.25, -0.2) is 0 Å². The van der Waals surface area contributed by atoms with Crippen LogP contribution >= 0.6 is 35.7 Å². The van der Waals surface area contributed by atoms with Gasteiger partial charge < -0.3 is 15.7 Å². The van der Waals surface area contributed by atoms with Crippen LogP contribution in [-0.2, 0) is 6.54 Å². The van der Waals surface area contributed by atoms with E-state index < -0.39 is 5.60 Å². The molecule has 2 saturated heterocycles. The van der Waals surface area contributed by atoms with Gasteiger partial charge in [0.05, 0.1) is 12.1 Å². The van der Waals surface area contributed by atoms with Crippen molar-refractivity contribution >= 4 is 41.7 Å². The smallest absolute Gasteiger partial charge is 0.191 e. The van der Waals surface area contributed by atoms with Gasteiger partial charge in [-0.3, -0.25) is 9.89 Å². The van der Waals surface area contributed by atoms with Crippen molar-refractivity contribution in [2.75, 3.05) is 37.7 Å². The Bertz CT molecular complexity index is 629. The Balaban J connectivity index is 0.00000280. The highest BCUT2D eigenvalue weighted by Gasteiger charge is 2.31. The molecule has 2 aliphatic heterocycles. The summed E-state index contributed by atoms with van der Waals surface area (Å²) < 4.78 is 0. The fourth-order valence-corrected chi connectivity index (χ4v) is 5.01. The minimum absolute atomic E-state index is 0. The Labute approximate surface area is 191 Å². The van der Waals surface area contributed by atoms with Crippen LogP contribution in [0.5, 0.6) is 0 Å². The van der Waals surface area contributed by atoms with Crippen molar-refractivity contribution in [1.29, 1.82) is 0 Å². The van der Waals surface area contributed by atoms with Crippen molar-refractivity contribution in [2.45, 2.75) is 51.3 Å². The SMILES string of the molecule is CCNC(=NCC1(O)CCSC1)NC1CCN(Cc2ccccc2C)CC1.I. The number of likely N-dealkylation sites (tertiary alicyclic amines) is 1. The number of nitrogens with one attached hydrogen (secondary N) is 2. The predicted molar refractivity (Wildman–Crippen MR) is 131 cm³/mol. The zero-order chi connectivity index (χ0) is 19.1. The molecule has 1 aromatic carbocycles. The van der Waals surface area contributed by atoms with E-state index in [1.807, 2.05) is 11.8 Å². The van der Waals surface area contributed by atoms with Crippen molar-refractivity contribution < 1.29 is 5.11 Å². The monoisotopic (exact) mass is 518 g/mol. The summed E-state index contributed by atoms with van der Waals surface area (Å²) in [7, 11) is 0. The number of hydrogen-bond donors (Lipinski definition) is 3. The number of benzene rings is 1. The minimum atomic E-state index is -0.621. The van der Waals surface area contributed by atoms with E-state index in [0.717, 1.165) is 62.9 Å². The van der Waals surface area contributed by atoms with Crippen LogP contribution in [0.3, 0.4) is 0 Å². The molecule has 0 radical (unpaired) electrons. The summed E-state index contributed by atoms with van der Waals surface area (Å²) >= 11 is 1.82. The molecule has 5 nitrogen and oxygen atoms in total. The summed E-state index contributed by atoms with van der Waals surface area (Å²) in [6.45, 7) is 8.85. The molecule has 28 heavy (non-hydrogen) atoms. The van der Waals surface area contributed by atoms with Crippen molar-refractivity contribution in [1.82, 2.24) is 15.5 Å². The van der Waals surface area contributed by atoms with Crippen LogP contribution in [0, 0.1) is 6.92 Å². The number of rotatable bonds is 6. The van der Waals surface area contributed by atoms with Gasteiger partial charge in [-0.05, 0) is 50.0 Å². The first-order valence-electron chi connectivity index (χ1n) is 10.2. The maximum absolute atomic E-state index is 10.5. The number of aliphatic hydroxyl groups is 1. The first kappa shape index (κ1) is 23.8. The van der Waals surface area contributed by atoms with Crippen LogP contribution in [0.4, 0.5) is 0 Å². The Morgan fingerprint density at radius 1 is 1.32 bits per heavy atom. The Morgan fingerprint density at radius 3 is 2.71 bits per heavy atom. The van der Waals surface area contributed by atoms with E-state index >= 15 is 0 Å². The molecule has 2 aliphatic rings. The lowest BCUT2D eigenvalue weighted by Gasteiger charge is -2.33. The highest BCUT2D eigenvalue weighted by atomic mass is 127. The molecule has 0 saturated carbocycles. The first-order chi connectivity index (χ1) is 13.1. The van der Waals surface area contributed by atoms with Gasteiger partial charge in [-0.2, -0.15) is 11.8 Å². The Hall–Kier alpha value is -0.510. The Kier molecular flexibility index (Phi) is 9.86. The summed E-state index contributed by atoms with van der Waals surface area (Å²) in [5, 5.41) is 17.4. The molecule has 0 amide bonds. The molecule has 7 heteroatoms. The second kappa shape index (κ2) is 11.6. The minimum Gasteiger partial charge on any atom is -0.387 e. The van der Waals surface area contributed by atoms with Gasteiger partial charge in [0.25, 0.3) is 0 Å². The van der Waals surface area contributed by atoms with Gasteiger partial charge in [0, 0.05) is 38.0 Å². The molecular formula is C21H35IN4OS. The quantitative estimate of drug-likeness (QED) is 0.307. The van der Waals surface area contributed by atoms with Gasteiger partial charge in [-0.1, -0.05) is 24.3 Å². The topological polar surface area (TPSA) is 59.9 Å². The third-order valence-corrected chi connectivity index (χ3v) is 6.78. The van der Waals surface area contributed by atoms with Crippen LogP contribution in [-0.4, -0.2) is 65.3 Å². The number of nitrogens with zero attached hydrogens (tertiary/aromatic N) is 2. The third-order valence-electron chi connectivity index (χ3n) is 5.54. The van der Waals surface area contributed by atoms with E-state index in [1.54, 1.807) is 0 Å². The summed E-state index contributed by atoms with van der Waals surface area (Å²) in [4.78, 5) is 7.22. The fourth-order valence-electron chi connectivity index (χ4n) is 3.72. The lowest BCUT2D eigenvalue weighted by molar-refractivity contribution is 0.0778. The molecule has 0 spiro atoms. The molecule has 1 unspecified atom stereocenters. The molecule has 2 fully saturated rings. The van der Waals surface area contributed by atoms with Crippen molar-refractivity contribution in [3.05, 3.63) is 35.4 Å². The number of aryl methyl sites for hydroxylation is 1. The summed E-state index contributed by atoms with van der Waals surface area (Å²) in [6.07, 6.45) is 3.09. The second-order valence-electron chi connectivity index (χ2n) is 7.84. The van der Waals surface area contributed by atoms with Gasteiger partial charge in [0.1, 0.15) is 0 Å². The molecule has 3 rings (SSSR count). The molecule has 2 heterocycles. The summed E-state index contributed by atoms with van der Waals surface area (Å²) in [5.41, 5.74) is 2.19. The van der Waals surface area contributed by atoms with E-state index in [1.165, 1.54) is 11.1 Å². The molecule has 1 aromatic rings. The second-order valence-corrected chi connectivity index (χ2v) is 8.95. The fraction of sp³-hybridized carbons (Fsp3) is 0.667. The van der Waals surface area contributed by atoms with Crippen LogP contribution in [0.2, 0.25) is 0 Å². The van der Waals surface area contributed by atoms with Crippen LogP contribution < -0.4 is 10.6 Å². The van der Waals surface area contributed by atoms with Crippen molar-refractivity contribution in [3.8, 4) is 0 Å². The van der Waals surface area contributed by atoms with Crippen LogP contribution in [0.25, 0.3) is 0 Å². The van der Waals surface area contributed by atoms with Gasteiger partial charge in [-0.15, -0.1) is 24.0 Å². The van der Waals surface area contributed by atoms with Crippen molar-refractivity contribution in [3.63, 3.8) is 0 Å². The molecule has 0 aromatic heterocycles. The van der Waals surface area contributed by atoms with Gasteiger partial charge in [0.2, 0.25) is 0 Å². The van der Waals surface area contributed by atoms with Gasteiger partial charge in [0.15, 0.2) is 5.96 Å². The van der Waals surface area contributed by atoms with E-state index in [2.05, 4.69) is 58.6 Å². The molecule has 158 valence electrons.